The summed E-state index contributed by atoms with van der Waals surface area (Å²) in [6.45, 7) is -2.41. The number of carboxylic acids is 1. The zero-order chi connectivity index (χ0) is 16.1. The fourth-order valence-corrected chi connectivity index (χ4v) is 2.29. The number of amides is 2. The first-order valence-electron chi connectivity index (χ1n) is 6.75. The van der Waals surface area contributed by atoms with Gasteiger partial charge in [-0.2, -0.15) is 8.78 Å². The van der Waals surface area contributed by atoms with Crippen molar-refractivity contribution in [3.8, 4) is 5.75 Å². The first-order valence-corrected chi connectivity index (χ1v) is 6.75. The van der Waals surface area contributed by atoms with E-state index >= 15 is 0 Å². The first kappa shape index (κ1) is 16.0. The first-order chi connectivity index (χ1) is 10.5. The lowest BCUT2D eigenvalue weighted by Gasteiger charge is -2.17. The van der Waals surface area contributed by atoms with E-state index in [0.29, 0.717) is 18.5 Å². The summed E-state index contributed by atoms with van der Waals surface area (Å²) in [6, 6.07) is 5.75. The number of hydrogen-bond acceptors (Lipinski definition) is 3. The molecule has 22 heavy (non-hydrogen) atoms. The van der Waals surface area contributed by atoms with E-state index in [1.165, 1.54) is 11.0 Å². The van der Waals surface area contributed by atoms with Gasteiger partial charge < -0.3 is 20.1 Å². The van der Waals surface area contributed by atoms with Crippen LogP contribution in [0.5, 0.6) is 5.75 Å². The molecule has 1 heterocycles. The van der Waals surface area contributed by atoms with Gasteiger partial charge in [-0.15, -0.1) is 0 Å². The number of urea groups is 1. The quantitative estimate of drug-likeness (QED) is 0.870. The summed E-state index contributed by atoms with van der Waals surface area (Å²) >= 11 is 0. The number of likely N-dealkylation sites (tertiary alicyclic amines) is 1. The van der Waals surface area contributed by atoms with Crippen LogP contribution in [0.15, 0.2) is 24.3 Å². The second-order valence-corrected chi connectivity index (χ2v) is 4.91. The van der Waals surface area contributed by atoms with Crippen LogP contribution in [0, 0.1) is 5.92 Å². The third-order valence-corrected chi connectivity index (χ3v) is 3.44. The Kier molecular flexibility index (Phi) is 5.13. The van der Waals surface area contributed by atoms with E-state index in [2.05, 4.69) is 10.1 Å². The minimum Gasteiger partial charge on any atom is -0.481 e. The molecular formula is C14H16F2N2O4. The molecule has 0 spiro atoms. The SMILES string of the molecule is O=C(O)C1CCN(C(=O)NCc2ccccc2OC(F)F)C1. The van der Waals surface area contributed by atoms with Crippen molar-refractivity contribution in [3.63, 3.8) is 0 Å². The molecule has 1 atom stereocenters. The molecule has 1 fully saturated rings. The standard InChI is InChI=1S/C14H16F2N2O4/c15-13(16)22-11-4-2-1-3-9(11)7-17-14(21)18-6-5-10(8-18)12(19)20/h1-4,10,13H,5-8H2,(H,17,21)(H,19,20). The predicted molar refractivity (Wildman–Crippen MR) is 72.6 cm³/mol. The van der Waals surface area contributed by atoms with Crippen LogP contribution < -0.4 is 10.1 Å². The van der Waals surface area contributed by atoms with Crippen LogP contribution in [0.2, 0.25) is 0 Å². The van der Waals surface area contributed by atoms with Gasteiger partial charge >= 0.3 is 18.6 Å². The summed E-state index contributed by atoms with van der Waals surface area (Å²) < 4.78 is 29.0. The molecule has 2 rings (SSSR count). The maximum Gasteiger partial charge on any atom is 0.387 e. The lowest BCUT2D eigenvalue weighted by Crippen LogP contribution is -2.38. The zero-order valence-electron chi connectivity index (χ0n) is 11.7. The molecule has 0 aromatic heterocycles. The van der Waals surface area contributed by atoms with Gasteiger partial charge in [-0.1, -0.05) is 18.2 Å². The van der Waals surface area contributed by atoms with Crippen molar-refractivity contribution in [2.45, 2.75) is 19.6 Å². The summed E-state index contributed by atoms with van der Waals surface area (Å²) in [5.41, 5.74) is 0.421. The van der Waals surface area contributed by atoms with Gasteiger partial charge in [0.1, 0.15) is 5.75 Å². The number of nitrogens with one attached hydrogen (secondary N) is 1. The Balaban J connectivity index is 1.90. The Bertz CT molecular complexity index is 553. The number of aliphatic carboxylic acids is 1. The maximum absolute atomic E-state index is 12.3. The van der Waals surface area contributed by atoms with E-state index in [1.807, 2.05) is 0 Å². The number of nitrogens with zero attached hydrogens (tertiary/aromatic N) is 1. The Morgan fingerprint density at radius 1 is 1.41 bits per heavy atom. The van der Waals surface area contributed by atoms with Crippen LogP contribution in [0.25, 0.3) is 0 Å². The van der Waals surface area contributed by atoms with E-state index in [0.717, 1.165) is 0 Å². The van der Waals surface area contributed by atoms with E-state index in [9.17, 15) is 18.4 Å². The fraction of sp³-hybridized carbons (Fsp3) is 0.429. The monoisotopic (exact) mass is 314 g/mol. The highest BCUT2D eigenvalue weighted by Gasteiger charge is 2.30. The molecule has 2 amide bonds. The van der Waals surface area contributed by atoms with Crippen molar-refractivity contribution >= 4 is 12.0 Å². The molecule has 2 N–H and O–H groups in total. The van der Waals surface area contributed by atoms with Gasteiger partial charge in [0.25, 0.3) is 0 Å². The maximum atomic E-state index is 12.3. The van der Waals surface area contributed by atoms with Crippen LogP contribution in [0.4, 0.5) is 13.6 Å². The van der Waals surface area contributed by atoms with Gasteiger partial charge in [-0.3, -0.25) is 4.79 Å². The van der Waals surface area contributed by atoms with Crippen molar-refractivity contribution in [2.24, 2.45) is 5.92 Å². The summed E-state index contributed by atoms with van der Waals surface area (Å²) in [6.07, 6.45) is 0.411. The fourth-order valence-electron chi connectivity index (χ4n) is 2.29. The third-order valence-electron chi connectivity index (χ3n) is 3.44. The molecular weight excluding hydrogens is 298 g/mol. The number of carboxylic acid groups (broad SMARTS) is 1. The number of carbonyl (C=O) groups is 2. The van der Waals surface area contributed by atoms with Gasteiger partial charge in [-0.25, -0.2) is 4.79 Å². The average molecular weight is 314 g/mol. The molecule has 6 nitrogen and oxygen atoms in total. The van der Waals surface area contributed by atoms with Crippen LogP contribution in [0.1, 0.15) is 12.0 Å². The van der Waals surface area contributed by atoms with Gasteiger partial charge in [-0.05, 0) is 12.5 Å². The molecule has 0 radical (unpaired) electrons. The highest BCUT2D eigenvalue weighted by Crippen LogP contribution is 2.20. The molecule has 0 bridgehead atoms. The second-order valence-electron chi connectivity index (χ2n) is 4.91. The molecule has 1 aliphatic heterocycles. The summed E-state index contributed by atoms with van der Waals surface area (Å²) in [4.78, 5) is 24.2. The topological polar surface area (TPSA) is 78.9 Å². The van der Waals surface area contributed by atoms with E-state index in [4.69, 9.17) is 5.11 Å². The molecule has 1 unspecified atom stereocenters. The van der Waals surface area contributed by atoms with Crippen molar-refractivity contribution < 1.29 is 28.2 Å². The van der Waals surface area contributed by atoms with E-state index in [1.54, 1.807) is 18.2 Å². The van der Waals surface area contributed by atoms with Crippen LogP contribution in [-0.2, 0) is 11.3 Å². The molecule has 120 valence electrons. The molecule has 1 saturated heterocycles. The largest absolute Gasteiger partial charge is 0.481 e. The number of ether oxygens (including phenoxy) is 1. The van der Waals surface area contributed by atoms with Crippen molar-refractivity contribution in [3.05, 3.63) is 29.8 Å². The van der Waals surface area contributed by atoms with Gasteiger partial charge in [0.2, 0.25) is 0 Å². The Morgan fingerprint density at radius 3 is 2.77 bits per heavy atom. The lowest BCUT2D eigenvalue weighted by molar-refractivity contribution is -0.141. The zero-order valence-corrected chi connectivity index (χ0v) is 11.7. The highest BCUT2D eigenvalue weighted by molar-refractivity contribution is 5.77. The number of carbonyl (C=O) groups excluding carboxylic acids is 1. The van der Waals surface area contributed by atoms with Crippen molar-refractivity contribution in [1.82, 2.24) is 10.2 Å². The molecule has 1 aliphatic rings. The average Bonchev–Trinajstić information content (AvgIpc) is 2.95. The predicted octanol–water partition coefficient (Wildman–Crippen LogP) is 1.90. The number of para-hydroxylation sites is 1. The smallest absolute Gasteiger partial charge is 0.387 e. The molecule has 0 aliphatic carbocycles. The Labute approximate surface area is 125 Å². The summed E-state index contributed by atoms with van der Waals surface area (Å²) in [7, 11) is 0. The highest BCUT2D eigenvalue weighted by atomic mass is 19.3. The van der Waals surface area contributed by atoms with Crippen molar-refractivity contribution in [1.29, 1.82) is 0 Å². The van der Waals surface area contributed by atoms with Crippen LogP contribution in [-0.4, -0.2) is 41.7 Å². The Morgan fingerprint density at radius 2 is 2.14 bits per heavy atom. The minimum absolute atomic E-state index is 0.00244. The lowest BCUT2D eigenvalue weighted by atomic mass is 10.1. The molecule has 0 saturated carbocycles. The third kappa shape index (κ3) is 4.06. The van der Waals surface area contributed by atoms with E-state index < -0.39 is 24.5 Å². The van der Waals surface area contributed by atoms with E-state index in [-0.39, 0.29) is 18.8 Å². The summed E-state index contributed by atoms with van der Waals surface area (Å²) in [5, 5.41) is 11.5. The van der Waals surface area contributed by atoms with Gasteiger partial charge in [0.15, 0.2) is 0 Å². The summed E-state index contributed by atoms with van der Waals surface area (Å²) in [5.74, 6) is -1.48. The normalized spacial score (nSPS) is 17.6. The molecule has 8 heteroatoms. The van der Waals surface area contributed by atoms with Crippen LogP contribution >= 0.6 is 0 Å². The van der Waals surface area contributed by atoms with Crippen LogP contribution in [0.3, 0.4) is 0 Å². The number of benzene rings is 1. The number of rotatable bonds is 5. The number of alkyl halides is 2. The minimum atomic E-state index is -2.94. The number of halogens is 2. The molecule has 1 aromatic rings. The number of hydrogen-bond donors (Lipinski definition) is 2. The van der Waals surface area contributed by atoms with Gasteiger partial charge in [0.05, 0.1) is 5.92 Å². The Hall–Kier alpha value is -2.38. The van der Waals surface area contributed by atoms with Gasteiger partial charge in [0, 0.05) is 25.2 Å². The second kappa shape index (κ2) is 7.06. The molecule has 1 aromatic carbocycles. The van der Waals surface area contributed by atoms with Crippen molar-refractivity contribution in [2.75, 3.05) is 13.1 Å².